The second-order valence-corrected chi connectivity index (χ2v) is 8.58. The maximum atomic E-state index is 12.8. The number of carbonyl (C=O) groups is 2. The maximum Gasteiger partial charge on any atom is 0.408 e. The van der Waals surface area contributed by atoms with Crippen molar-refractivity contribution in [3.63, 3.8) is 0 Å². The Bertz CT molecular complexity index is 1080. The van der Waals surface area contributed by atoms with Crippen LogP contribution in [0.1, 0.15) is 67.4 Å². The Morgan fingerprint density at radius 2 is 2.00 bits per heavy atom. The van der Waals surface area contributed by atoms with E-state index in [-0.39, 0.29) is 23.4 Å². The summed E-state index contributed by atoms with van der Waals surface area (Å²) < 4.78 is 10.9. The minimum absolute atomic E-state index is 0.0353. The molecule has 1 amide bonds. The molecule has 172 valence electrons. The number of hydrogen-bond acceptors (Lipinski definition) is 7. The number of carboxylic acid groups (broad SMARTS) is 1. The molecule has 0 radical (unpaired) electrons. The average molecular weight is 462 g/mol. The van der Waals surface area contributed by atoms with Crippen molar-refractivity contribution >= 4 is 29.3 Å². The number of aromatic hydroxyl groups is 1. The largest absolute Gasteiger partial charge is 0.507 e. The highest BCUT2D eigenvalue weighted by Gasteiger charge is 2.22. The fraction of sp³-hybridized carbons (Fsp3) is 0.348. The molecule has 0 aliphatic carbocycles. The van der Waals surface area contributed by atoms with Crippen molar-refractivity contribution in [2.75, 3.05) is 0 Å². The Morgan fingerprint density at radius 1 is 1.28 bits per heavy atom. The van der Waals surface area contributed by atoms with Gasteiger partial charge >= 0.3 is 11.7 Å². The first-order valence-corrected chi connectivity index (χ1v) is 10.9. The van der Waals surface area contributed by atoms with Gasteiger partial charge in [0.2, 0.25) is 0 Å². The van der Waals surface area contributed by atoms with Gasteiger partial charge in [-0.05, 0) is 57.4 Å². The summed E-state index contributed by atoms with van der Waals surface area (Å²) in [5.41, 5.74) is -1.03. The van der Waals surface area contributed by atoms with Crippen LogP contribution in [-0.2, 0) is 0 Å². The monoisotopic (exact) mass is 461 g/mol. The van der Waals surface area contributed by atoms with E-state index in [0.29, 0.717) is 12.8 Å². The third-order valence-electron chi connectivity index (χ3n) is 4.42. The first kappa shape index (κ1) is 24.9. The number of amides is 1. The molecule has 1 unspecified atom stereocenters. The molecule has 1 atom stereocenters. The third kappa shape index (κ3) is 7.12. The molecule has 8 nitrogen and oxygen atoms in total. The van der Waals surface area contributed by atoms with Crippen molar-refractivity contribution in [2.24, 2.45) is 0 Å². The van der Waals surface area contributed by atoms with E-state index in [1.807, 2.05) is 26.0 Å². The van der Waals surface area contributed by atoms with Crippen LogP contribution < -0.4 is 15.7 Å². The van der Waals surface area contributed by atoms with E-state index in [2.05, 4.69) is 5.32 Å². The Morgan fingerprint density at radius 3 is 2.62 bits per heavy atom. The Labute approximate surface area is 189 Å². The van der Waals surface area contributed by atoms with E-state index in [0.717, 1.165) is 9.94 Å². The molecule has 3 N–H and O–H groups in total. The lowest BCUT2D eigenvalue weighted by Crippen LogP contribution is -2.16. The summed E-state index contributed by atoms with van der Waals surface area (Å²) in [7, 11) is 0. The molecule has 0 aliphatic heterocycles. The zero-order valence-electron chi connectivity index (χ0n) is 18.4. The van der Waals surface area contributed by atoms with Gasteiger partial charge in [0.15, 0.2) is 10.8 Å². The molecule has 0 fully saturated rings. The lowest BCUT2D eigenvalue weighted by molar-refractivity contribution is 0.102. The fourth-order valence-electron chi connectivity index (χ4n) is 2.84. The molecule has 2 aromatic rings. The summed E-state index contributed by atoms with van der Waals surface area (Å²) >= 11 is 1.37. The number of allylic oxidation sites excluding steroid dienone is 2. The van der Waals surface area contributed by atoms with Crippen molar-refractivity contribution in [3.8, 4) is 10.8 Å². The van der Waals surface area contributed by atoms with Crippen LogP contribution in [-0.4, -0.2) is 28.2 Å². The molecular formula is C23H27NO7S. The first-order chi connectivity index (χ1) is 15.1. The molecule has 0 spiro atoms. The fourth-order valence-corrected chi connectivity index (χ4v) is 3.82. The number of thiophene rings is 1. The molecule has 2 aromatic heterocycles. The van der Waals surface area contributed by atoms with Crippen LogP contribution in [0.15, 0.2) is 45.3 Å². The summed E-state index contributed by atoms with van der Waals surface area (Å²) in [4.78, 5) is 36.4. The van der Waals surface area contributed by atoms with E-state index >= 15 is 0 Å². The van der Waals surface area contributed by atoms with E-state index in [4.69, 9.17) is 14.3 Å². The molecule has 32 heavy (non-hydrogen) atoms. The number of nitrogens with one attached hydrogen (secondary N) is 1. The summed E-state index contributed by atoms with van der Waals surface area (Å²) in [6, 6.07) is 4.90. The van der Waals surface area contributed by atoms with E-state index in [1.165, 1.54) is 23.6 Å². The maximum absolute atomic E-state index is 12.8. The molecule has 0 aromatic carbocycles. The van der Waals surface area contributed by atoms with Gasteiger partial charge in [-0.25, -0.2) is 9.59 Å². The predicted molar refractivity (Wildman–Crippen MR) is 123 cm³/mol. The number of Topliss-reactive ketones (excluding diaryl/α,β-unsaturated/α-hetero) is 1. The van der Waals surface area contributed by atoms with Gasteiger partial charge in [0.25, 0.3) is 0 Å². The molecule has 2 heterocycles. The molecule has 0 aliphatic rings. The van der Waals surface area contributed by atoms with Gasteiger partial charge in [-0.3, -0.25) is 10.1 Å². The van der Waals surface area contributed by atoms with Crippen LogP contribution in [0.5, 0.6) is 10.8 Å². The van der Waals surface area contributed by atoms with Crippen molar-refractivity contribution in [3.05, 3.63) is 62.7 Å². The van der Waals surface area contributed by atoms with Crippen LogP contribution >= 0.6 is 11.3 Å². The first-order valence-electron chi connectivity index (χ1n) is 10.1. The van der Waals surface area contributed by atoms with Crippen LogP contribution in [0, 0.1) is 0 Å². The van der Waals surface area contributed by atoms with Crippen LogP contribution in [0.4, 0.5) is 4.79 Å². The van der Waals surface area contributed by atoms with Gasteiger partial charge in [0.1, 0.15) is 17.1 Å². The SMILES string of the molecule is C/C(=C\c1ccc(OC(C)C)s1)C(=O)c1c(O)cc(C(C)CC/C=C/NC(=O)O)oc1=O. The van der Waals surface area contributed by atoms with Gasteiger partial charge in [-0.15, -0.1) is 0 Å². The zero-order valence-corrected chi connectivity index (χ0v) is 19.2. The lowest BCUT2D eigenvalue weighted by atomic mass is 10.00. The molecule has 9 heteroatoms. The van der Waals surface area contributed by atoms with Crippen LogP contribution in [0.3, 0.4) is 0 Å². The summed E-state index contributed by atoms with van der Waals surface area (Å²) in [5.74, 6) is -1.02. The van der Waals surface area contributed by atoms with Crippen molar-refractivity contribution < 1.29 is 29.0 Å². The van der Waals surface area contributed by atoms with Crippen molar-refractivity contribution in [1.82, 2.24) is 5.32 Å². The lowest BCUT2D eigenvalue weighted by Gasteiger charge is -2.11. The van der Waals surface area contributed by atoms with Crippen molar-refractivity contribution in [1.29, 1.82) is 0 Å². The number of ketones is 1. The Hall–Kier alpha value is -3.33. The zero-order chi connectivity index (χ0) is 23.8. The Balaban J connectivity index is 2.13. The van der Waals surface area contributed by atoms with E-state index in [1.54, 1.807) is 26.0 Å². The van der Waals surface area contributed by atoms with Crippen molar-refractivity contribution in [2.45, 2.75) is 52.6 Å². The van der Waals surface area contributed by atoms with E-state index in [9.17, 15) is 19.5 Å². The minimum atomic E-state index is -1.15. The topological polar surface area (TPSA) is 126 Å². The van der Waals surface area contributed by atoms with Gasteiger partial charge in [0.05, 0.1) is 6.10 Å². The van der Waals surface area contributed by atoms with Gasteiger partial charge in [-0.2, -0.15) is 0 Å². The van der Waals surface area contributed by atoms with Crippen LogP contribution in [0.25, 0.3) is 6.08 Å². The highest BCUT2D eigenvalue weighted by Crippen LogP contribution is 2.29. The highest BCUT2D eigenvalue weighted by atomic mass is 32.1. The highest BCUT2D eigenvalue weighted by molar-refractivity contribution is 7.14. The molecule has 2 rings (SSSR count). The number of hydrogen-bond donors (Lipinski definition) is 3. The quantitative estimate of drug-likeness (QED) is 0.330. The summed E-state index contributed by atoms with van der Waals surface area (Å²) in [6.07, 6.45) is 4.53. The molecule has 0 saturated carbocycles. The number of rotatable bonds is 10. The number of carbonyl (C=O) groups excluding carboxylic acids is 1. The van der Waals surface area contributed by atoms with E-state index < -0.39 is 28.8 Å². The Kier molecular flexibility index (Phi) is 8.83. The third-order valence-corrected chi connectivity index (χ3v) is 5.35. The molecule has 0 bridgehead atoms. The molecular weight excluding hydrogens is 434 g/mol. The predicted octanol–water partition coefficient (Wildman–Crippen LogP) is 5.15. The molecule has 0 saturated heterocycles. The number of ether oxygens (including phenoxy) is 1. The minimum Gasteiger partial charge on any atom is -0.507 e. The van der Waals surface area contributed by atoms with Gasteiger partial charge in [-0.1, -0.05) is 24.3 Å². The second kappa shape index (κ2) is 11.3. The van der Waals surface area contributed by atoms with Gasteiger partial charge < -0.3 is 19.4 Å². The second-order valence-electron chi connectivity index (χ2n) is 7.51. The average Bonchev–Trinajstić information content (AvgIpc) is 3.12. The van der Waals surface area contributed by atoms with Crippen LogP contribution in [0.2, 0.25) is 0 Å². The normalized spacial score (nSPS) is 12.8. The smallest absolute Gasteiger partial charge is 0.408 e. The summed E-state index contributed by atoms with van der Waals surface area (Å²) in [5, 5.41) is 21.7. The summed E-state index contributed by atoms with van der Waals surface area (Å²) in [6.45, 7) is 7.21. The van der Waals surface area contributed by atoms with Gasteiger partial charge in [0, 0.05) is 23.1 Å². The standard InChI is InChI=1S/C23H27NO7S/c1-13(2)30-19-9-8-16(32-19)11-15(4)21(26)20-17(25)12-18(31-22(20)27)14(3)7-5-6-10-24-23(28)29/h6,8-14,24-25H,5,7H2,1-4H3,(H,28,29)/b10-6+,15-11+.